The number of nitrogens with zero attached hydrogens (tertiary/aromatic N) is 8. The van der Waals surface area contributed by atoms with Crippen molar-refractivity contribution >= 4 is 92.1 Å². The Balaban J connectivity index is 0.000000794. The molecule has 0 atom stereocenters. The molecule has 0 bridgehead atoms. The number of hydrogen-bond acceptors (Lipinski definition) is 18. The van der Waals surface area contributed by atoms with Crippen molar-refractivity contribution < 1.29 is 185 Å². The van der Waals surface area contributed by atoms with Crippen LogP contribution in [0.1, 0.15) is 61.2 Å². The van der Waals surface area contributed by atoms with Crippen LogP contribution in [-0.2, 0) is 134 Å². The molecule has 730 valence electrons. The number of phenols is 8. The number of methoxy groups -OCH3 is 1. The molecule has 0 heterocycles. The fourth-order valence-corrected chi connectivity index (χ4v) is 12.1. The monoisotopic (exact) mass is 2220 g/mol. The maximum absolute atomic E-state index is 10.3. The van der Waals surface area contributed by atoms with E-state index >= 15 is 0 Å². The van der Waals surface area contributed by atoms with Gasteiger partial charge in [-0.05, 0) is 226 Å². The van der Waals surface area contributed by atoms with E-state index in [2.05, 4.69) is 71.4 Å². The Morgan fingerprint density at radius 2 is 0.547 bits per heavy atom. The van der Waals surface area contributed by atoms with E-state index in [1.807, 2.05) is 312 Å². The zero-order valence-corrected chi connectivity index (χ0v) is 86.2. The first kappa shape index (κ1) is 124. The van der Waals surface area contributed by atoms with Gasteiger partial charge in [-0.1, -0.05) is 237 Å². The van der Waals surface area contributed by atoms with E-state index in [1.54, 1.807) is 161 Å². The number of aryl methyl sites for hydroxylation is 3. The molecule has 0 fully saturated rings. The van der Waals surface area contributed by atoms with E-state index < -0.39 is 8.24 Å². The second-order valence-electron chi connectivity index (χ2n) is 29.7. The smallest absolute Gasteiger partial charge is 0.172 e. The average molecular weight is 2220 g/mol. The first-order chi connectivity index (χ1) is 63.6. The quantitative estimate of drug-likeness (QED) is 0.0280. The van der Waals surface area contributed by atoms with Crippen molar-refractivity contribution in [2.24, 2.45) is 39.6 Å². The summed E-state index contributed by atoms with van der Waals surface area (Å²) in [6.45, 7) is 12.4. The van der Waals surface area contributed by atoms with Crippen molar-refractivity contribution in [2.45, 2.75) is 40.4 Å². The van der Waals surface area contributed by atoms with Crippen molar-refractivity contribution in [1.82, 2.24) is 0 Å². The van der Waals surface area contributed by atoms with Gasteiger partial charge in [-0.3, -0.25) is 34.9 Å². The number of hydrogen-bond donors (Lipinski definition) is 8. The van der Waals surface area contributed by atoms with E-state index in [1.165, 1.54) is 0 Å². The molecule has 0 aliphatic rings. The van der Waals surface area contributed by atoms with Gasteiger partial charge in [-0.25, -0.2) is 0 Å². The van der Waals surface area contributed by atoms with E-state index in [9.17, 15) is 35.7 Å². The minimum atomic E-state index is -1.40. The van der Waals surface area contributed by atoms with Crippen LogP contribution >= 0.6 is 0 Å². The van der Waals surface area contributed by atoms with E-state index in [0.29, 0.717) is 39.7 Å². The topological polar surface area (TPSA) is 279 Å². The van der Waals surface area contributed by atoms with Crippen LogP contribution in [0.3, 0.4) is 0 Å². The van der Waals surface area contributed by atoms with Crippen LogP contribution in [-0.4, -0.2) is 113 Å². The van der Waals surface area contributed by atoms with Crippen molar-refractivity contribution in [3.8, 4) is 74.4 Å². The molecule has 18 nitrogen and oxygen atoms in total. The summed E-state index contributed by atoms with van der Waals surface area (Å²) in [6.07, 6.45) is 13.4. The van der Waals surface area contributed by atoms with Gasteiger partial charge in [0.25, 0.3) is 0 Å². The van der Waals surface area contributed by atoms with Gasteiger partial charge in [0.05, 0.1) is 35.5 Å². The molecule has 8 N–H and O–H groups in total. The normalized spacial score (nSPS) is 10.3. The van der Waals surface area contributed by atoms with Crippen LogP contribution in [0.5, 0.6) is 63.2 Å². The zero-order valence-electron chi connectivity index (χ0n) is 76.9. The summed E-state index contributed by atoms with van der Waals surface area (Å²) in [5.74, 6) is 3.64. The Morgan fingerprint density at radius 3 is 0.935 bits per heavy atom. The van der Waals surface area contributed by atoms with Gasteiger partial charge in [-0.2, -0.15) is 0 Å². The molecule has 0 aliphatic heterocycles. The molecule has 0 aromatic heterocycles. The van der Waals surface area contributed by atoms with Crippen molar-refractivity contribution in [3.05, 3.63) is 462 Å². The summed E-state index contributed by atoms with van der Waals surface area (Å²) < 4.78 is 15.3. The van der Waals surface area contributed by atoms with Gasteiger partial charge in [-0.15, -0.1) is 0 Å². The minimum Gasteiger partial charge on any atom is -0.507 e. The molecule has 0 amide bonds. The van der Waals surface area contributed by atoms with Crippen LogP contribution in [0, 0.1) is 20.8 Å². The Hall–Kier alpha value is -12.9. The van der Waals surface area contributed by atoms with Crippen molar-refractivity contribution in [1.29, 1.82) is 0 Å². The van der Waals surface area contributed by atoms with Gasteiger partial charge in [0.15, 0.2) is 19.7 Å². The van der Waals surface area contributed by atoms with Crippen molar-refractivity contribution in [2.75, 3.05) is 14.2 Å². The second kappa shape index (κ2) is 69.0. The summed E-state index contributed by atoms with van der Waals surface area (Å²) in [5.41, 5.74) is 16.4. The first-order valence-corrected chi connectivity index (χ1v) is 45.3. The van der Waals surface area contributed by atoms with Gasteiger partial charge in [0, 0.05) is 241 Å². The minimum absolute atomic E-state index is 0. The third-order valence-electron chi connectivity index (χ3n) is 18.6. The maximum atomic E-state index is 10.3. The van der Waals surface area contributed by atoms with Crippen LogP contribution in [0.25, 0.3) is 11.1 Å². The standard InChI is InChI=1S/C19H15NO2.C19H15NO.C14H13NO2.3C14H13NO.C10H15NOSi.C8H9NO.8Co/c21-19-15(14-20-16-9-3-1-4-10-16)8-7-13-18(19)22-17-11-5-2-6-12-17;21-19-13-7-4-10-16(19)14-20-18-12-6-5-11-17(18)15-8-2-1-3-9-15;1-17-14-9-5-3-7-12(14)15-10-11-6-2-4-8-13(11)16;2*1-11-6-2-4-8-13(11)15-10-12-7-3-5-9-14(12)16;1-11-7-8-12(14(16)9-11)10-15-13-5-3-2-4-6-13;1-13(2,3)11-8-9-6-4-5-7-10(9)12;1-9-6-7-4-2-3-5-8(7)10;;;;;;;;/h1-14,21H;1-14,21H;2-10,16H,1H3;3*2-10,16H,1H3;4-8,12H,1-3H3;2-6,10H,1H3;;;;;;;;. The SMILES string of the molecule is CN=Cc1ccccc1O.COc1ccccc1N=Cc1ccccc1O.C[Si](C)(C)N=Cc1ccccc1O.Cc1ccc(C=Nc2ccccc2)c(O)c1.Cc1ccccc1N=Cc1ccccc1O.Cc1ccccc1N=Cc1ccccc1O.Oc1c(C=Nc2ccccc2)cccc1Oc1ccccc1.Oc1ccccc1C=Nc1ccccc1-c1ccccc1.[Co].[Co].[Co].[Co].[Co].[Co].[Co].[Co]. The molecule has 0 unspecified atom stereocenters. The molecular formula is C112H106Co8N8O10Si. The Kier molecular flexibility index (Phi) is 61.7. The number of rotatable bonds is 19. The van der Waals surface area contributed by atoms with Crippen LogP contribution in [0.2, 0.25) is 19.6 Å². The fourth-order valence-electron chi connectivity index (χ4n) is 11.6. The molecule has 16 rings (SSSR count). The summed E-state index contributed by atoms with van der Waals surface area (Å²) in [5, 5.41) is 77.1. The number of ether oxygens (including phenoxy) is 2. The number of phenolic OH excluding ortho intramolecular Hbond substituents is 8. The Labute approximate surface area is 898 Å². The molecule has 8 radical (unpaired) electrons. The average Bonchev–Trinajstić information content (AvgIpc) is 0.879. The number of para-hydroxylation sites is 15. The van der Waals surface area contributed by atoms with Gasteiger partial charge >= 0.3 is 0 Å². The summed E-state index contributed by atoms with van der Waals surface area (Å²) in [4.78, 5) is 29.9. The maximum Gasteiger partial charge on any atom is 0.172 e. The second-order valence-corrected chi connectivity index (χ2v) is 34.3. The summed E-state index contributed by atoms with van der Waals surface area (Å²) >= 11 is 0. The molecule has 0 saturated heterocycles. The Bertz CT molecular complexity index is 6310. The molecular weight excluding hydrogens is 2120 g/mol. The summed E-state index contributed by atoms with van der Waals surface area (Å²) in [6, 6.07) is 124. The van der Waals surface area contributed by atoms with Gasteiger partial charge in [0.1, 0.15) is 57.4 Å². The largest absolute Gasteiger partial charge is 0.507 e. The van der Waals surface area contributed by atoms with E-state index in [0.717, 1.165) is 89.8 Å². The third kappa shape index (κ3) is 45.1. The molecule has 16 aromatic carbocycles. The van der Waals surface area contributed by atoms with Crippen molar-refractivity contribution in [3.63, 3.8) is 0 Å². The number of benzene rings is 16. The van der Waals surface area contributed by atoms with Gasteiger partial charge in [0.2, 0.25) is 0 Å². The Morgan fingerprint density at radius 1 is 0.252 bits per heavy atom. The predicted octanol–water partition coefficient (Wildman–Crippen LogP) is 27.3. The third-order valence-corrected chi connectivity index (χ3v) is 19.5. The number of aliphatic imine (C=N–C) groups is 7. The first-order valence-electron chi connectivity index (χ1n) is 41.8. The molecule has 0 aliphatic carbocycles. The van der Waals surface area contributed by atoms with Crippen LogP contribution < -0.4 is 9.47 Å². The molecule has 16 aromatic rings. The van der Waals surface area contributed by atoms with E-state index in [-0.39, 0.29) is 174 Å². The van der Waals surface area contributed by atoms with Crippen LogP contribution in [0.15, 0.2) is 440 Å². The molecule has 0 saturated carbocycles. The van der Waals surface area contributed by atoms with Crippen LogP contribution in [0.4, 0.5) is 34.1 Å². The molecule has 139 heavy (non-hydrogen) atoms. The molecule has 27 heteroatoms. The predicted molar refractivity (Wildman–Crippen MR) is 544 cm³/mol. The zero-order chi connectivity index (χ0) is 93.2. The summed E-state index contributed by atoms with van der Waals surface area (Å²) in [7, 11) is 1.87. The van der Waals surface area contributed by atoms with Gasteiger partial charge < -0.3 is 55.0 Å². The van der Waals surface area contributed by atoms with E-state index in [4.69, 9.17) is 14.6 Å². The molecule has 0 spiro atoms. The number of aromatic hydroxyl groups is 8. The fraction of sp³-hybridized carbons (Fsp3) is 0.0714.